The summed E-state index contributed by atoms with van der Waals surface area (Å²) in [5.41, 5.74) is -0.599. The molecule has 0 radical (unpaired) electrons. The van der Waals surface area contributed by atoms with Crippen LogP contribution in [0, 0.1) is 0 Å². The van der Waals surface area contributed by atoms with Gasteiger partial charge in [0.1, 0.15) is 11.6 Å². The van der Waals surface area contributed by atoms with Gasteiger partial charge in [0.2, 0.25) is 5.91 Å². The van der Waals surface area contributed by atoms with Crippen LogP contribution in [0.15, 0.2) is 0 Å². The highest BCUT2D eigenvalue weighted by Gasteiger charge is 2.21. The van der Waals surface area contributed by atoms with Crippen LogP contribution in [0.2, 0.25) is 0 Å². The van der Waals surface area contributed by atoms with Crippen LogP contribution in [0.5, 0.6) is 0 Å². The number of aliphatic hydroxyl groups excluding tert-OH is 1. The van der Waals surface area contributed by atoms with Crippen molar-refractivity contribution in [1.29, 1.82) is 0 Å². The molecule has 0 aromatic heterocycles. The van der Waals surface area contributed by atoms with Gasteiger partial charge in [-0.3, -0.25) is 4.79 Å². The SMILES string of the molecule is CC(CO)NC(=O)C(C)NC(=O)OC(C)(C)C. The van der Waals surface area contributed by atoms with E-state index < -0.39 is 17.7 Å². The average molecular weight is 246 g/mol. The minimum atomic E-state index is -0.709. The molecule has 0 aromatic rings. The predicted molar refractivity (Wildman–Crippen MR) is 63.5 cm³/mol. The Morgan fingerprint density at radius 1 is 1.24 bits per heavy atom. The fourth-order valence-corrected chi connectivity index (χ4v) is 0.963. The van der Waals surface area contributed by atoms with Crippen LogP contribution in [0.4, 0.5) is 4.79 Å². The van der Waals surface area contributed by atoms with E-state index in [9.17, 15) is 9.59 Å². The summed E-state index contributed by atoms with van der Waals surface area (Å²) in [7, 11) is 0. The van der Waals surface area contributed by atoms with Gasteiger partial charge in [0, 0.05) is 6.04 Å². The fourth-order valence-electron chi connectivity index (χ4n) is 0.963. The first-order valence-corrected chi connectivity index (χ1v) is 5.56. The Labute approximate surface area is 102 Å². The van der Waals surface area contributed by atoms with Crippen LogP contribution in [0.25, 0.3) is 0 Å². The van der Waals surface area contributed by atoms with Gasteiger partial charge >= 0.3 is 6.09 Å². The second-order valence-corrected chi connectivity index (χ2v) is 4.96. The molecule has 0 rings (SSSR count). The van der Waals surface area contributed by atoms with Crippen LogP contribution in [0.3, 0.4) is 0 Å². The van der Waals surface area contributed by atoms with Crippen molar-refractivity contribution in [2.45, 2.75) is 52.3 Å². The fraction of sp³-hybridized carbons (Fsp3) is 0.818. The quantitative estimate of drug-likeness (QED) is 0.670. The first-order valence-electron chi connectivity index (χ1n) is 5.56. The van der Waals surface area contributed by atoms with E-state index in [4.69, 9.17) is 9.84 Å². The third-order valence-electron chi connectivity index (χ3n) is 1.79. The van der Waals surface area contributed by atoms with E-state index in [2.05, 4.69) is 10.6 Å². The molecule has 0 aliphatic carbocycles. The van der Waals surface area contributed by atoms with Crippen LogP contribution in [0.1, 0.15) is 34.6 Å². The lowest BCUT2D eigenvalue weighted by atomic mass is 10.2. The molecule has 0 aliphatic rings. The first-order chi connectivity index (χ1) is 7.65. The zero-order chi connectivity index (χ0) is 13.6. The molecule has 17 heavy (non-hydrogen) atoms. The number of ether oxygens (including phenoxy) is 1. The minimum Gasteiger partial charge on any atom is -0.444 e. The van der Waals surface area contributed by atoms with Crippen molar-refractivity contribution >= 4 is 12.0 Å². The molecule has 0 aliphatic heterocycles. The van der Waals surface area contributed by atoms with E-state index in [0.29, 0.717) is 0 Å². The summed E-state index contributed by atoms with van der Waals surface area (Å²) in [5, 5.41) is 13.7. The standard InChI is InChI=1S/C11H22N2O4/c1-7(6-14)12-9(15)8(2)13-10(16)17-11(3,4)5/h7-8,14H,6H2,1-5H3,(H,12,15)(H,13,16). The van der Waals surface area contributed by atoms with Crippen LogP contribution >= 0.6 is 0 Å². The summed E-state index contributed by atoms with van der Waals surface area (Å²) in [6.07, 6.45) is -0.642. The summed E-state index contributed by atoms with van der Waals surface area (Å²) < 4.78 is 5.01. The Morgan fingerprint density at radius 2 is 1.76 bits per heavy atom. The minimum absolute atomic E-state index is 0.148. The molecule has 2 unspecified atom stereocenters. The molecular formula is C11H22N2O4. The molecule has 2 atom stereocenters. The first kappa shape index (κ1) is 15.7. The summed E-state index contributed by atoms with van der Waals surface area (Å²) in [4.78, 5) is 22.9. The van der Waals surface area contributed by atoms with Crippen molar-refractivity contribution < 1.29 is 19.4 Å². The van der Waals surface area contributed by atoms with E-state index in [1.807, 2.05) is 0 Å². The van der Waals surface area contributed by atoms with Gasteiger partial charge in [-0.25, -0.2) is 4.79 Å². The van der Waals surface area contributed by atoms with Crippen molar-refractivity contribution in [2.24, 2.45) is 0 Å². The lowest BCUT2D eigenvalue weighted by Gasteiger charge is -2.22. The number of carbonyl (C=O) groups is 2. The summed E-state index contributed by atoms with van der Waals surface area (Å²) in [5.74, 6) is -0.364. The van der Waals surface area contributed by atoms with Gasteiger partial charge in [-0.05, 0) is 34.6 Å². The molecule has 0 fully saturated rings. The van der Waals surface area contributed by atoms with Gasteiger partial charge in [0.15, 0.2) is 0 Å². The topological polar surface area (TPSA) is 87.7 Å². The number of nitrogens with one attached hydrogen (secondary N) is 2. The summed E-state index contributed by atoms with van der Waals surface area (Å²) in [6.45, 7) is 8.29. The van der Waals surface area contributed by atoms with Gasteiger partial charge < -0.3 is 20.5 Å². The highest BCUT2D eigenvalue weighted by Crippen LogP contribution is 2.06. The zero-order valence-corrected chi connectivity index (χ0v) is 11.0. The van der Waals surface area contributed by atoms with Crippen molar-refractivity contribution in [3.05, 3.63) is 0 Å². The van der Waals surface area contributed by atoms with Crippen molar-refractivity contribution in [2.75, 3.05) is 6.61 Å². The van der Waals surface area contributed by atoms with E-state index in [-0.39, 0.29) is 18.6 Å². The third kappa shape index (κ3) is 7.57. The van der Waals surface area contributed by atoms with Crippen LogP contribution < -0.4 is 10.6 Å². The molecule has 0 bridgehead atoms. The van der Waals surface area contributed by atoms with Gasteiger partial charge in [0.05, 0.1) is 6.61 Å². The maximum atomic E-state index is 11.5. The number of rotatable bonds is 4. The second-order valence-electron chi connectivity index (χ2n) is 4.96. The van der Waals surface area contributed by atoms with E-state index >= 15 is 0 Å². The van der Waals surface area contributed by atoms with Gasteiger partial charge in [-0.2, -0.15) is 0 Å². The van der Waals surface area contributed by atoms with Gasteiger partial charge in [-0.1, -0.05) is 0 Å². The van der Waals surface area contributed by atoms with Gasteiger partial charge in [-0.15, -0.1) is 0 Å². The Kier molecular flexibility index (Phi) is 5.95. The monoisotopic (exact) mass is 246 g/mol. The number of alkyl carbamates (subject to hydrolysis) is 1. The van der Waals surface area contributed by atoms with E-state index in [1.54, 1.807) is 34.6 Å². The number of amides is 2. The average Bonchev–Trinajstić information content (AvgIpc) is 2.14. The maximum Gasteiger partial charge on any atom is 0.408 e. The van der Waals surface area contributed by atoms with E-state index in [1.165, 1.54) is 0 Å². The highest BCUT2D eigenvalue weighted by molar-refractivity contribution is 5.85. The van der Waals surface area contributed by atoms with Crippen LogP contribution in [-0.4, -0.2) is 41.4 Å². The molecule has 0 heterocycles. The number of carbonyl (C=O) groups excluding carboxylic acids is 2. The molecule has 6 heteroatoms. The molecule has 0 saturated heterocycles. The number of hydrogen-bond donors (Lipinski definition) is 3. The highest BCUT2D eigenvalue weighted by atomic mass is 16.6. The van der Waals surface area contributed by atoms with Crippen molar-refractivity contribution in [3.63, 3.8) is 0 Å². The zero-order valence-electron chi connectivity index (χ0n) is 11.0. The molecule has 0 spiro atoms. The normalized spacial score (nSPS) is 14.7. The molecule has 3 N–H and O–H groups in total. The Hall–Kier alpha value is -1.30. The predicted octanol–water partition coefficient (Wildman–Crippen LogP) is 0.397. The summed E-state index contributed by atoms with van der Waals surface area (Å²) >= 11 is 0. The van der Waals surface area contributed by atoms with Gasteiger partial charge in [0.25, 0.3) is 0 Å². The Morgan fingerprint density at radius 3 is 2.18 bits per heavy atom. The molecule has 6 nitrogen and oxygen atoms in total. The largest absolute Gasteiger partial charge is 0.444 e. The number of hydrogen-bond acceptors (Lipinski definition) is 4. The lowest BCUT2D eigenvalue weighted by molar-refractivity contribution is -0.123. The lowest BCUT2D eigenvalue weighted by Crippen LogP contribution is -2.49. The Bertz CT molecular complexity index is 273. The van der Waals surface area contributed by atoms with Crippen molar-refractivity contribution in [3.8, 4) is 0 Å². The molecular weight excluding hydrogens is 224 g/mol. The molecule has 0 aromatic carbocycles. The van der Waals surface area contributed by atoms with E-state index in [0.717, 1.165) is 0 Å². The molecule has 0 saturated carbocycles. The molecule has 100 valence electrons. The van der Waals surface area contributed by atoms with Crippen LogP contribution in [-0.2, 0) is 9.53 Å². The third-order valence-corrected chi connectivity index (χ3v) is 1.79. The molecule has 2 amide bonds. The summed E-state index contributed by atoms with van der Waals surface area (Å²) in [6, 6.07) is -1.05. The second kappa shape index (κ2) is 6.44. The number of aliphatic hydroxyl groups is 1. The van der Waals surface area contributed by atoms with Crippen molar-refractivity contribution in [1.82, 2.24) is 10.6 Å². The maximum absolute atomic E-state index is 11.5. The Balaban J connectivity index is 4.12. The smallest absolute Gasteiger partial charge is 0.408 e.